The number of Topliss-reactive ketones (excluding diaryl/α,β-unsaturated/α-hetero) is 3. The van der Waals surface area contributed by atoms with Gasteiger partial charge >= 0.3 is 0 Å². The van der Waals surface area contributed by atoms with E-state index in [-0.39, 0.29) is 55.6 Å². The first-order valence-corrected chi connectivity index (χ1v) is 12.8. The number of nitrogens with zero attached hydrogens (tertiary/aromatic N) is 1. The molecule has 3 rings (SSSR count). The Labute approximate surface area is 216 Å². The van der Waals surface area contributed by atoms with Crippen molar-refractivity contribution >= 4 is 29.2 Å². The number of fused-ring (bicyclic) bond motifs is 1. The van der Waals surface area contributed by atoms with Crippen molar-refractivity contribution in [3.8, 4) is 5.75 Å². The van der Waals surface area contributed by atoms with Crippen LogP contribution in [-0.2, 0) is 30.4 Å². The number of benzene rings is 1. The molecule has 4 atom stereocenters. The average molecular weight is 515 g/mol. The minimum atomic E-state index is -0.814. The van der Waals surface area contributed by atoms with E-state index in [1.165, 1.54) is 12.1 Å². The summed E-state index contributed by atoms with van der Waals surface area (Å²) >= 11 is 0. The standard InChI is InChI=1S/C26H36N5O6/c1-16-25(36)28-14-19(33)15-31-11-3-5-22(31)26(37)30-21(12-17-7-9-18(32)10-8-17)23(34)6-2-4-20(29-16)24(35)13-27/h7-10,16,20-22,27,29,32H,2-6,11-15H2,1H3,(H,28,36)(H,30,37)/t16-,20?,21+,22+/m1/s1. The number of ketones is 3. The smallest absolute Gasteiger partial charge is 0.237 e. The molecule has 2 aliphatic rings. The third-order valence-electron chi connectivity index (χ3n) is 6.91. The molecular formula is C26H36N5O6. The number of amides is 2. The van der Waals surface area contributed by atoms with Gasteiger partial charge in [-0.05, 0) is 63.3 Å². The third-order valence-corrected chi connectivity index (χ3v) is 6.91. The first-order valence-electron chi connectivity index (χ1n) is 12.8. The molecule has 0 aliphatic carbocycles. The van der Waals surface area contributed by atoms with Gasteiger partial charge in [0.1, 0.15) is 5.75 Å². The van der Waals surface area contributed by atoms with Crippen LogP contribution >= 0.6 is 0 Å². The van der Waals surface area contributed by atoms with Gasteiger partial charge in [-0.15, -0.1) is 0 Å². The van der Waals surface area contributed by atoms with Crippen LogP contribution < -0.4 is 21.7 Å². The zero-order valence-corrected chi connectivity index (χ0v) is 21.1. The number of hydrogen-bond acceptors (Lipinski definition) is 8. The van der Waals surface area contributed by atoms with Crippen LogP contribution in [0.4, 0.5) is 0 Å². The van der Waals surface area contributed by atoms with Crippen LogP contribution in [0.25, 0.3) is 0 Å². The molecule has 0 spiro atoms. The molecule has 201 valence electrons. The summed E-state index contributed by atoms with van der Waals surface area (Å²) in [4.78, 5) is 65.6. The molecular weight excluding hydrogens is 478 g/mol. The van der Waals surface area contributed by atoms with Crippen LogP contribution in [-0.4, -0.2) is 89.5 Å². The Morgan fingerprint density at radius 1 is 1.08 bits per heavy atom. The minimum absolute atomic E-state index is 0.00327. The Morgan fingerprint density at radius 3 is 2.51 bits per heavy atom. The van der Waals surface area contributed by atoms with Crippen molar-refractivity contribution in [1.29, 1.82) is 0 Å². The lowest BCUT2D eigenvalue weighted by molar-refractivity contribution is -0.131. The van der Waals surface area contributed by atoms with E-state index in [1.807, 2.05) is 0 Å². The first kappa shape index (κ1) is 28.4. The second-order valence-electron chi connectivity index (χ2n) is 9.76. The van der Waals surface area contributed by atoms with Gasteiger partial charge in [-0.25, -0.2) is 5.73 Å². The highest BCUT2D eigenvalue weighted by Gasteiger charge is 2.34. The summed E-state index contributed by atoms with van der Waals surface area (Å²) < 4.78 is 0. The van der Waals surface area contributed by atoms with E-state index in [9.17, 15) is 29.1 Å². The maximum absolute atomic E-state index is 13.2. The molecule has 0 bridgehead atoms. The second-order valence-corrected chi connectivity index (χ2v) is 9.76. The van der Waals surface area contributed by atoms with Crippen molar-refractivity contribution in [2.75, 3.05) is 26.2 Å². The Hall–Kier alpha value is -3.15. The highest BCUT2D eigenvalue weighted by molar-refractivity contribution is 5.93. The van der Waals surface area contributed by atoms with Gasteiger partial charge in [-0.2, -0.15) is 0 Å². The lowest BCUT2D eigenvalue weighted by atomic mass is 9.96. The molecule has 37 heavy (non-hydrogen) atoms. The normalized spacial score (nSPS) is 27.2. The van der Waals surface area contributed by atoms with Crippen molar-refractivity contribution in [1.82, 2.24) is 26.6 Å². The summed E-state index contributed by atoms with van der Waals surface area (Å²) in [5.74, 6) is -1.52. The van der Waals surface area contributed by atoms with Crippen LogP contribution in [0.5, 0.6) is 5.75 Å². The number of hydrogen-bond donors (Lipinski definition) is 4. The second kappa shape index (κ2) is 13.4. The van der Waals surface area contributed by atoms with Crippen LogP contribution in [0.2, 0.25) is 0 Å². The average Bonchev–Trinajstić information content (AvgIpc) is 3.34. The quantitative estimate of drug-likeness (QED) is 0.418. The molecule has 2 amide bonds. The van der Waals surface area contributed by atoms with E-state index in [0.29, 0.717) is 19.4 Å². The Kier molecular flexibility index (Phi) is 10.3. The van der Waals surface area contributed by atoms with Crippen LogP contribution in [0.3, 0.4) is 0 Å². The van der Waals surface area contributed by atoms with Crippen molar-refractivity contribution in [2.24, 2.45) is 0 Å². The summed E-state index contributed by atoms with van der Waals surface area (Å²) in [6, 6.07) is 3.49. The SMILES string of the molecule is C[C@H]1NC(C(=O)C[NH])CCCC(=O)[C@H](Cc2ccc(O)cc2)NC(=O)[C@@H]2CCCN2CC(=O)CNC1=O. The van der Waals surface area contributed by atoms with E-state index >= 15 is 0 Å². The van der Waals surface area contributed by atoms with Gasteiger partial charge in [0, 0.05) is 6.42 Å². The molecule has 2 heterocycles. The predicted molar refractivity (Wildman–Crippen MR) is 135 cm³/mol. The molecule has 2 fully saturated rings. The largest absolute Gasteiger partial charge is 0.508 e. The fourth-order valence-electron chi connectivity index (χ4n) is 4.81. The van der Waals surface area contributed by atoms with Gasteiger partial charge < -0.3 is 15.7 Å². The van der Waals surface area contributed by atoms with Gasteiger partial charge in [0.05, 0.1) is 43.8 Å². The molecule has 1 aromatic rings. The highest BCUT2D eigenvalue weighted by atomic mass is 16.3. The maximum atomic E-state index is 13.2. The summed E-state index contributed by atoms with van der Waals surface area (Å²) in [5, 5.41) is 18.0. The lowest BCUT2D eigenvalue weighted by Crippen LogP contribution is -2.52. The number of carbonyl (C=O) groups excluding carboxylic acids is 5. The number of phenolic OH excluding ortho intramolecular Hbond substituents is 1. The monoisotopic (exact) mass is 514 g/mol. The molecule has 11 heteroatoms. The number of phenols is 1. The van der Waals surface area contributed by atoms with Crippen LogP contribution in [0, 0.1) is 0 Å². The topological polar surface area (TPSA) is 169 Å². The number of carbonyl (C=O) groups is 5. The Balaban J connectivity index is 1.82. The van der Waals surface area contributed by atoms with Gasteiger partial charge in [-0.3, -0.25) is 34.2 Å². The summed E-state index contributed by atoms with van der Waals surface area (Å²) in [7, 11) is 0. The Bertz CT molecular complexity index is 998. The van der Waals surface area contributed by atoms with Crippen molar-refractivity contribution < 1.29 is 29.1 Å². The molecule has 1 radical (unpaired) electrons. The summed E-state index contributed by atoms with van der Waals surface area (Å²) in [5.41, 5.74) is 8.22. The Morgan fingerprint density at radius 2 is 1.81 bits per heavy atom. The molecule has 0 aromatic heterocycles. The lowest BCUT2D eigenvalue weighted by Gasteiger charge is -2.26. The molecule has 5 N–H and O–H groups in total. The van der Waals surface area contributed by atoms with Crippen molar-refractivity contribution in [2.45, 2.75) is 69.6 Å². The molecule has 11 nitrogen and oxygen atoms in total. The zero-order valence-electron chi connectivity index (χ0n) is 21.1. The minimum Gasteiger partial charge on any atom is -0.508 e. The van der Waals surface area contributed by atoms with Gasteiger partial charge in [0.15, 0.2) is 17.3 Å². The molecule has 2 saturated heterocycles. The van der Waals surface area contributed by atoms with E-state index in [0.717, 1.165) is 12.0 Å². The number of nitrogens with one attached hydrogen (secondary N) is 4. The van der Waals surface area contributed by atoms with E-state index in [4.69, 9.17) is 5.73 Å². The maximum Gasteiger partial charge on any atom is 0.237 e. The molecule has 1 unspecified atom stereocenters. The fraction of sp³-hybridized carbons (Fsp3) is 0.577. The summed E-state index contributed by atoms with van der Waals surface area (Å²) in [6.07, 6.45) is 2.20. The molecule has 0 saturated carbocycles. The first-order chi connectivity index (χ1) is 17.7. The van der Waals surface area contributed by atoms with Crippen molar-refractivity contribution in [3.05, 3.63) is 29.8 Å². The van der Waals surface area contributed by atoms with Crippen molar-refractivity contribution in [3.63, 3.8) is 0 Å². The van der Waals surface area contributed by atoms with Crippen LogP contribution in [0.1, 0.15) is 44.6 Å². The zero-order chi connectivity index (χ0) is 26.9. The predicted octanol–water partition coefficient (Wildman–Crippen LogP) is -0.479. The fourth-order valence-corrected chi connectivity index (χ4v) is 4.81. The molecule has 1 aromatic carbocycles. The van der Waals surface area contributed by atoms with Gasteiger partial charge in [0.2, 0.25) is 11.8 Å². The third kappa shape index (κ3) is 8.17. The summed E-state index contributed by atoms with van der Waals surface area (Å²) in [6.45, 7) is 1.47. The van der Waals surface area contributed by atoms with E-state index in [1.54, 1.807) is 24.0 Å². The highest BCUT2D eigenvalue weighted by Crippen LogP contribution is 2.19. The van der Waals surface area contributed by atoms with Crippen LogP contribution in [0.15, 0.2) is 24.3 Å². The van der Waals surface area contributed by atoms with E-state index in [2.05, 4.69) is 16.0 Å². The van der Waals surface area contributed by atoms with Gasteiger partial charge in [-0.1, -0.05) is 12.1 Å². The van der Waals surface area contributed by atoms with Gasteiger partial charge in [0.25, 0.3) is 0 Å². The van der Waals surface area contributed by atoms with E-state index < -0.39 is 42.4 Å². The number of aromatic hydroxyl groups is 1. The molecule has 2 aliphatic heterocycles. The number of rotatable bonds is 4.